The second kappa shape index (κ2) is 5.94. The van der Waals surface area contributed by atoms with Gasteiger partial charge in [0.05, 0.1) is 0 Å². The summed E-state index contributed by atoms with van der Waals surface area (Å²) in [6.07, 6.45) is 3.82. The van der Waals surface area contributed by atoms with Gasteiger partial charge < -0.3 is 14.6 Å². The third-order valence-corrected chi connectivity index (χ3v) is 2.42. The largest absolute Gasteiger partial charge is 0.421 e. The van der Waals surface area contributed by atoms with Gasteiger partial charge in [-0.25, -0.2) is 4.79 Å². The summed E-state index contributed by atoms with van der Waals surface area (Å²) in [7, 11) is 3.37. The Morgan fingerprint density at radius 1 is 1.32 bits per heavy atom. The summed E-state index contributed by atoms with van der Waals surface area (Å²) in [6, 6.07) is 3.45. The molecule has 0 saturated heterocycles. The molecule has 0 spiro atoms. The van der Waals surface area contributed by atoms with Crippen LogP contribution in [0.1, 0.15) is 5.89 Å². The molecule has 0 aliphatic rings. The molecule has 0 aliphatic carbocycles. The van der Waals surface area contributed by atoms with E-state index in [9.17, 15) is 4.79 Å². The number of carbonyl (C=O) groups excluding carboxylic acids is 1. The minimum atomic E-state index is -0.145. The molecule has 0 aliphatic heterocycles. The standard InChI is InChI=1S/C12H15N5O2/c1-17(2)12(18)14-8-5-10-15-16-11(19-10)9-3-6-13-7-4-9/h3-4,6-7H,5,8H2,1-2H3,(H,14,18). The van der Waals surface area contributed by atoms with Gasteiger partial charge in [-0.2, -0.15) is 0 Å². The van der Waals surface area contributed by atoms with Crippen LogP contribution in [0.25, 0.3) is 11.5 Å². The zero-order valence-corrected chi connectivity index (χ0v) is 10.8. The first-order valence-electron chi connectivity index (χ1n) is 5.85. The second-order valence-corrected chi connectivity index (χ2v) is 4.11. The molecule has 2 amide bonds. The molecule has 2 heterocycles. The lowest BCUT2D eigenvalue weighted by molar-refractivity contribution is 0.217. The van der Waals surface area contributed by atoms with E-state index in [-0.39, 0.29) is 6.03 Å². The summed E-state index contributed by atoms with van der Waals surface area (Å²) in [4.78, 5) is 16.7. The van der Waals surface area contributed by atoms with Gasteiger partial charge in [-0.05, 0) is 12.1 Å². The molecule has 2 aromatic heterocycles. The summed E-state index contributed by atoms with van der Waals surface area (Å²) in [5.74, 6) is 0.946. The Morgan fingerprint density at radius 3 is 2.74 bits per heavy atom. The first-order chi connectivity index (χ1) is 9.16. The molecular formula is C12H15N5O2. The highest BCUT2D eigenvalue weighted by Gasteiger charge is 2.09. The Hall–Kier alpha value is -2.44. The molecule has 1 N–H and O–H groups in total. The van der Waals surface area contributed by atoms with Crippen LogP contribution in [0, 0.1) is 0 Å². The maximum absolute atomic E-state index is 11.3. The number of carbonyl (C=O) groups is 1. The molecule has 2 rings (SSSR count). The van der Waals surface area contributed by atoms with Crippen LogP contribution in [0.4, 0.5) is 4.79 Å². The van der Waals surface area contributed by atoms with Crippen molar-refractivity contribution in [2.75, 3.05) is 20.6 Å². The molecule has 0 aromatic carbocycles. The van der Waals surface area contributed by atoms with Gasteiger partial charge in [0.25, 0.3) is 0 Å². The summed E-state index contributed by atoms with van der Waals surface area (Å²) in [6.45, 7) is 0.453. The van der Waals surface area contributed by atoms with E-state index < -0.39 is 0 Å². The van der Waals surface area contributed by atoms with Gasteiger partial charge in [-0.3, -0.25) is 4.98 Å². The highest BCUT2D eigenvalue weighted by molar-refractivity contribution is 5.73. The molecule has 19 heavy (non-hydrogen) atoms. The fraction of sp³-hybridized carbons (Fsp3) is 0.333. The van der Waals surface area contributed by atoms with Crippen molar-refractivity contribution in [1.82, 2.24) is 25.4 Å². The van der Waals surface area contributed by atoms with Crippen LogP contribution in [0.15, 0.2) is 28.9 Å². The highest BCUT2D eigenvalue weighted by atomic mass is 16.4. The summed E-state index contributed by atoms with van der Waals surface area (Å²) >= 11 is 0. The summed E-state index contributed by atoms with van der Waals surface area (Å²) in [5, 5.41) is 10.6. The van der Waals surface area contributed by atoms with Crippen molar-refractivity contribution in [2.45, 2.75) is 6.42 Å². The first kappa shape index (κ1) is 13.0. The zero-order valence-electron chi connectivity index (χ0n) is 10.8. The van der Waals surface area contributed by atoms with Crippen molar-refractivity contribution in [2.24, 2.45) is 0 Å². The highest BCUT2D eigenvalue weighted by Crippen LogP contribution is 2.16. The summed E-state index contributed by atoms with van der Waals surface area (Å²) < 4.78 is 5.50. The van der Waals surface area contributed by atoms with Crippen LogP contribution in [-0.4, -0.2) is 46.8 Å². The Labute approximate surface area is 110 Å². The number of amides is 2. The molecule has 7 heteroatoms. The van der Waals surface area contributed by atoms with Crippen LogP contribution in [-0.2, 0) is 6.42 Å². The molecule has 0 radical (unpaired) electrons. The monoisotopic (exact) mass is 261 g/mol. The topological polar surface area (TPSA) is 84.2 Å². The van der Waals surface area contributed by atoms with Gasteiger partial charge in [0.15, 0.2) is 0 Å². The van der Waals surface area contributed by atoms with Crippen molar-refractivity contribution >= 4 is 6.03 Å². The van der Waals surface area contributed by atoms with E-state index >= 15 is 0 Å². The van der Waals surface area contributed by atoms with E-state index in [1.54, 1.807) is 38.6 Å². The van der Waals surface area contributed by atoms with Crippen molar-refractivity contribution < 1.29 is 9.21 Å². The van der Waals surface area contributed by atoms with Crippen molar-refractivity contribution in [1.29, 1.82) is 0 Å². The van der Waals surface area contributed by atoms with Crippen molar-refractivity contribution in [3.8, 4) is 11.5 Å². The predicted octanol–water partition coefficient (Wildman–Crippen LogP) is 0.945. The molecule has 7 nitrogen and oxygen atoms in total. The molecule has 0 bridgehead atoms. The average Bonchev–Trinajstić information content (AvgIpc) is 2.88. The maximum Gasteiger partial charge on any atom is 0.316 e. The maximum atomic E-state index is 11.3. The fourth-order valence-electron chi connectivity index (χ4n) is 1.40. The minimum absolute atomic E-state index is 0.145. The summed E-state index contributed by atoms with van der Waals surface area (Å²) in [5.41, 5.74) is 0.825. The number of nitrogens with zero attached hydrogens (tertiary/aromatic N) is 4. The lowest BCUT2D eigenvalue weighted by Crippen LogP contribution is -2.35. The van der Waals surface area contributed by atoms with E-state index in [0.717, 1.165) is 5.56 Å². The Balaban J connectivity index is 1.90. The van der Waals surface area contributed by atoms with Crippen LogP contribution in [0.2, 0.25) is 0 Å². The van der Waals surface area contributed by atoms with Crippen LogP contribution in [0.5, 0.6) is 0 Å². The minimum Gasteiger partial charge on any atom is -0.421 e. The predicted molar refractivity (Wildman–Crippen MR) is 68.3 cm³/mol. The van der Waals surface area contributed by atoms with E-state index in [4.69, 9.17) is 4.42 Å². The van der Waals surface area contributed by atoms with Crippen LogP contribution < -0.4 is 5.32 Å². The Morgan fingerprint density at radius 2 is 2.05 bits per heavy atom. The third kappa shape index (κ3) is 3.51. The van der Waals surface area contributed by atoms with Gasteiger partial charge in [-0.1, -0.05) is 0 Å². The smallest absolute Gasteiger partial charge is 0.316 e. The van der Waals surface area contributed by atoms with Gasteiger partial charge in [0.2, 0.25) is 11.8 Å². The van der Waals surface area contributed by atoms with E-state index in [1.165, 1.54) is 4.90 Å². The molecule has 0 saturated carbocycles. The van der Waals surface area contributed by atoms with E-state index in [1.807, 2.05) is 0 Å². The molecule has 0 unspecified atom stereocenters. The second-order valence-electron chi connectivity index (χ2n) is 4.11. The number of pyridine rings is 1. The number of hydrogen-bond donors (Lipinski definition) is 1. The van der Waals surface area contributed by atoms with Gasteiger partial charge >= 0.3 is 6.03 Å². The number of hydrogen-bond acceptors (Lipinski definition) is 5. The fourth-order valence-corrected chi connectivity index (χ4v) is 1.40. The number of nitrogens with one attached hydrogen (secondary N) is 1. The van der Waals surface area contributed by atoms with Gasteiger partial charge in [-0.15, -0.1) is 10.2 Å². The molecule has 0 atom stereocenters. The zero-order chi connectivity index (χ0) is 13.7. The first-order valence-corrected chi connectivity index (χ1v) is 5.85. The lowest BCUT2D eigenvalue weighted by atomic mass is 10.3. The molecule has 2 aromatic rings. The van der Waals surface area contributed by atoms with E-state index in [0.29, 0.717) is 24.7 Å². The van der Waals surface area contributed by atoms with Gasteiger partial charge in [0.1, 0.15) is 0 Å². The SMILES string of the molecule is CN(C)C(=O)NCCc1nnc(-c2ccncc2)o1. The normalized spacial score (nSPS) is 10.2. The number of aromatic nitrogens is 3. The lowest BCUT2D eigenvalue weighted by Gasteiger charge is -2.10. The van der Waals surface area contributed by atoms with E-state index in [2.05, 4.69) is 20.5 Å². The van der Waals surface area contributed by atoms with Gasteiger partial charge in [0, 0.05) is 45.0 Å². The molecular weight excluding hydrogens is 246 g/mol. The van der Waals surface area contributed by atoms with Crippen LogP contribution in [0.3, 0.4) is 0 Å². The average molecular weight is 261 g/mol. The van der Waals surface area contributed by atoms with Crippen molar-refractivity contribution in [3.05, 3.63) is 30.4 Å². The Bertz CT molecular complexity index is 538. The third-order valence-electron chi connectivity index (χ3n) is 2.42. The van der Waals surface area contributed by atoms with Crippen molar-refractivity contribution in [3.63, 3.8) is 0 Å². The van der Waals surface area contributed by atoms with Crippen LogP contribution >= 0.6 is 0 Å². The number of urea groups is 1. The molecule has 100 valence electrons. The number of rotatable bonds is 4. The molecule has 0 fully saturated rings. The Kier molecular flexibility index (Phi) is 4.07. The quantitative estimate of drug-likeness (QED) is 0.885.